The molecule has 3 rings (SSSR count). The second kappa shape index (κ2) is 9.57. The fourth-order valence-electron chi connectivity index (χ4n) is 3.52. The molecule has 1 aromatic heterocycles. The number of para-hydroxylation sites is 3. The lowest BCUT2D eigenvalue weighted by molar-refractivity contribution is -0.124. The molecule has 0 radical (unpaired) electrons. The number of hydrogen-bond donors (Lipinski definition) is 1. The number of amides is 2. The van der Waals surface area contributed by atoms with Gasteiger partial charge in [0.15, 0.2) is 0 Å². The molecule has 0 fully saturated rings. The first-order chi connectivity index (χ1) is 14.4. The van der Waals surface area contributed by atoms with Crippen molar-refractivity contribution in [3.05, 3.63) is 60.4 Å². The minimum Gasteiger partial charge on any atom is -0.355 e. The minimum absolute atomic E-state index is 0.00631. The average molecular weight is 407 g/mol. The molecule has 0 bridgehead atoms. The van der Waals surface area contributed by atoms with Gasteiger partial charge in [-0.3, -0.25) is 9.59 Å². The van der Waals surface area contributed by atoms with E-state index in [1.807, 2.05) is 91.8 Å². The highest BCUT2D eigenvalue weighted by Crippen LogP contribution is 2.20. The van der Waals surface area contributed by atoms with Gasteiger partial charge >= 0.3 is 0 Å². The highest BCUT2D eigenvalue weighted by atomic mass is 16.2. The third-order valence-corrected chi connectivity index (χ3v) is 5.02. The van der Waals surface area contributed by atoms with Gasteiger partial charge in [-0.1, -0.05) is 44.2 Å². The number of nitrogens with one attached hydrogen (secondary N) is 1. The largest absolute Gasteiger partial charge is 0.355 e. The van der Waals surface area contributed by atoms with Crippen LogP contribution in [-0.4, -0.2) is 34.0 Å². The zero-order valence-corrected chi connectivity index (χ0v) is 18.1. The zero-order chi connectivity index (χ0) is 21.7. The lowest BCUT2D eigenvalue weighted by atomic mass is 10.2. The maximum absolute atomic E-state index is 13.3. The van der Waals surface area contributed by atoms with Crippen molar-refractivity contribution in [2.24, 2.45) is 5.92 Å². The van der Waals surface area contributed by atoms with Crippen molar-refractivity contribution in [1.29, 1.82) is 0 Å². The summed E-state index contributed by atoms with van der Waals surface area (Å²) in [6, 6.07) is 17.6. The van der Waals surface area contributed by atoms with Crippen LogP contribution in [0.4, 0.5) is 5.69 Å². The van der Waals surface area contributed by atoms with Crippen LogP contribution >= 0.6 is 0 Å². The third kappa shape index (κ3) is 4.87. The topological polar surface area (TPSA) is 67.2 Å². The van der Waals surface area contributed by atoms with E-state index >= 15 is 0 Å². The molecule has 0 aliphatic carbocycles. The first-order valence-corrected chi connectivity index (χ1v) is 10.5. The Morgan fingerprint density at radius 1 is 1.00 bits per heavy atom. The Morgan fingerprint density at radius 2 is 1.67 bits per heavy atom. The molecule has 0 spiro atoms. The molecule has 1 N–H and O–H groups in total. The van der Waals surface area contributed by atoms with Crippen molar-refractivity contribution < 1.29 is 9.59 Å². The van der Waals surface area contributed by atoms with E-state index in [4.69, 9.17) is 4.98 Å². The average Bonchev–Trinajstić information content (AvgIpc) is 3.06. The Labute approximate surface area is 177 Å². The highest BCUT2D eigenvalue weighted by molar-refractivity contribution is 5.94. The molecule has 6 nitrogen and oxygen atoms in total. The predicted molar refractivity (Wildman–Crippen MR) is 120 cm³/mol. The Hall–Kier alpha value is -3.15. The van der Waals surface area contributed by atoms with E-state index in [1.165, 1.54) is 0 Å². The molecule has 0 saturated heterocycles. The maximum atomic E-state index is 13.3. The summed E-state index contributed by atoms with van der Waals surface area (Å²) in [6.45, 7) is 8.45. The van der Waals surface area contributed by atoms with Crippen molar-refractivity contribution in [2.45, 2.75) is 46.7 Å². The second-order valence-electron chi connectivity index (χ2n) is 7.99. The van der Waals surface area contributed by atoms with E-state index in [9.17, 15) is 9.59 Å². The van der Waals surface area contributed by atoms with Gasteiger partial charge in [0.25, 0.3) is 0 Å². The number of aromatic nitrogens is 2. The molecule has 3 aromatic rings. The molecule has 2 aromatic carbocycles. The number of fused-ring (bicyclic) bond motifs is 1. The molecule has 0 unspecified atom stereocenters. The van der Waals surface area contributed by atoms with Crippen LogP contribution in [0.5, 0.6) is 0 Å². The van der Waals surface area contributed by atoms with Gasteiger partial charge in [-0.05, 0) is 38.1 Å². The van der Waals surface area contributed by atoms with Crippen molar-refractivity contribution in [3.63, 3.8) is 0 Å². The van der Waals surface area contributed by atoms with Gasteiger partial charge in [-0.2, -0.15) is 0 Å². The predicted octanol–water partition coefficient (Wildman–Crippen LogP) is 3.79. The van der Waals surface area contributed by atoms with E-state index in [0.29, 0.717) is 13.0 Å². The van der Waals surface area contributed by atoms with Crippen LogP contribution in [-0.2, 0) is 22.6 Å². The molecule has 1 heterocycles. The smallest absolute Gasteiger partial charge is 0.247 e. The molecule has 30 heavy (non-hydrogen) atoms. The van der Waals surface area contributed by atoms with Crippen LogP contribution < -0.4 is 10.2 Å². The Bertz CT molecular complexity index is 1010. The maximum Gasteiger partial charge on any atom is 0.247 e. The van der Waals surface area contributed by atoms with Gasteiger partial charge in [-0.25, -0.2) is 4.98 Å². The summed E-state index contributed by atoms with van der Waals surface area (Å²) in [5.74, 6) is 0.761. The molecule has 2 amide bonds. The van der Waals surface area contributed by atoms with Gasteiger partial charge in [0.1, 0.15) is 12.4 Å². The summed E-state index contributed by atoms with van der Waals surface area (Å²) in [7, 11) is 0. The zero-order valence-electron chi connectivity index (χ0n) is 18.1. The van der Waals surface area contributed by atoms with Crippen LogP contribution in [0.2, 0.25) is 0 Å². The third-order valence-electron chi connectivity index (χ3n) is 5.02. The summed E-state index contributed by atoms with van der Waals surface area (Å²) in [5, 5.41) is 2.93. The lowest BCUT2D eigenvalue weighted by Gasteiger charge is -2.27. The number of carbonyl (C=O) groups is 2. The first-order valence-electron chi connectivity index (χ1n) is 10.5. The van der Waals surface area contributed by atoms with Crippen LogP contribution in [0, 0.1) is 5.92 Å². The Kier molecular flexibility index (Phi) is 6.87. The molecular weight excluding hydrogens is 376 g/mol. The van der Waals surface area contributed by atoms with Gasteiger partial charge in [0.05, 0.1) is 11.0 Å². The minimum atomic E-state index is -0.0594. The van der Waals surface area contributed by atoms with Crippen molar-refractivity contribution in [2.75, 3.05) is 11.4 Å². The van der Waals surface area contributed by atoms with E-state index in [1.54, 1.807) is 0 Å². The summed E-state index contributed by atoms with van der Waals surface area (Å²) in [6.07, 6.45) is 0.563. The van der Waals surface area contributed by atoms with E-state index < -0.39 is 0 Å². The fourth-order valence-corrected chi connectivity index (χ4v) is 3.52. The van der Waals surface area contributed by atoms with Gasteiger partial charge in [0, 0.05) is 30.6 Å². The van der Waals surface area contributed by atoms with E-state index in [2.05, 4.69) is 5.32 Å². The number of nitrogens with zero attached hydrogens (tertiary/aromatic N) is 3. The summed E-state index contributed by atoms with van der Waals surface area (Å²) in [4.78, 5) is 31.8. The molecular formula is C24H30N4O2. The summed E-state index contributed by atoms with van der Waals surface area (Å²) >= 11 is 0. The van der Waals surface area contributed by atoms with Crippen molar-refractivity contribution in [3.8, 4) is 0 Å². The van der Waals surface area contributed by atoms with Crippen LogP contribution in [0.25, 0.3) is 11.0 Å². The Morgan fingerprint density at radius 3 is 2.33 bits per heavy atom. The summed E-state index contributed by atoms with van der Waals surface area (Å²) in [5.41, 5.74) is 2.66. The van der Waals surface area contributed by atoms with E-state index in [0.717, 1.165) is 22.5 Å². The molecule has 0 aliphatic heterocycles. The SMILES string of the molecule is CC(C)C(=O)NCCc1nc2ccccc2n1CC(=O)N(c1ccccc1)C(C)C. The molecule has 0 aliphatic rings. The van der Waals surface area contributed by atoms with Crippen LogP contribution in [0.3, 0.4) is 0 Å². The molecule has 6 heteroatoms. The number of imidazole rings is 1. The fraction of sp³-hybridized carbons (Fsp3) is 0.375. The molecule has 158 valence electrons. The molecule has 0 saturated carbocycles. The van der Waals surface area contributed by atoms with E-state index in [-0.39, 0.29) is 30.3 Å². The van der Waals surface area contributed by atoms with Crippen molar-refractivity contribution >= 4 is 28.5 Å². The van der Waals surface area contributed by atoms with Crippen LogP contribution in [0.15, 0.2) is 54.6 Å². The number of carbonyl (C=O) groups excluding carboxylic acids is 2. The standard InChI is InChI=1S/C24H30N4O2/c1-17(2)24(30)25-15-14-22-26-20-12-8-9-13-21(20)27(22)16-23(29)28(18(3)4)19-10-6-5-7-11-19/h5-13,17-18H,14-16H2,1-4H3,(H,25,30). The normalized spacial score (nSPS) is 11.3. The number of benzene rings is 2. The quantitative estimate of drug-likeness (QED) is 0.619. The second-order valence-corrected chi connectivity index (χ2v) is 7.99. The number of hydrogen-bond acceptors (Lipinski definition) is 3. The van der Waals surface area contributed by atoms with Crippen LogP contribution in [0.1, 0.15) is 33.5 Å². The molecule has 0 atom stereocenters. The summed E-state index contributed by atoms with van der Waals surface area (Å²) < 4.78 is 1.97. The Balaban J connectivity index is 1.86. The first kappa shape index (κ1) is 21.6. The highest BCUT2D eigenvalue weighted by Gasteiger charge is 2.22. The monoisotopic (exact) mass is 406 g/mol. The van der Waals surface area contributed by atoms with Crippen molar-refractivity contribution in [1.82, 2.24) is 14.9 Å². The van der Waals surface area contributed by atoms with Gasteiger partial charge in [-0.15, -0.1) is 0 Å². The van der Waals surface area contributed by atoms with Gasteiger partial charge < -0.3 is 14.8 Å². The number of anilines is 1. The number of rotatable bonds is 8. The lowest BCUT2D eigenvalue weighted by Crippen LogP contribution is -2.39. The van der Waals surface area contributed by atoms with Gasteiger partial charge in [0.2, 0.25) is 11.8 Å².